The van der Waals surface area contributed by atoms with E-state index in [0.29, 0.717) is 4.90 Å². The van der Waals surface area contributed by atoms with Crippen LogP contribution in [0.15, 0.2) is 12.2 Å². The average molecular weight is 165 g/mol. The molecule has 0 aliphatic carbocycles. The fourth-order valence-electron chi connectivity index (χ4n) is 0.904. The highest BCUT2D eigenvalue weighted by Crippen LogP contribution is 2.33. The van der Waals surface area contributed by atoms with Gasteiger partial charge in [0.25, 0.3) is 0 Å². The Hall–Kier alpha value is -0.510. The maximum Gasteiger partial charge on any atom is 0.460 e. The third-order valence-corrected chi connectivity index (χ3v) is 1.57. The van der Waals surface area contributed by atoms with Gasteiger partial charge in [-0.25, -0.2) is 4.90 Å². The van der Waals surface area contributed by atoms with Crippen LogP contribution in [0, 0.1) is 0 Å². The highest BCUT2D eigenvalue weighted by atomic mass is 19.4. The minimum atomic E-state index is -4.14. The molecule has 2 unspecified atom stereocenters. The van der Waals surface area contributed by atoms with E-state index in [2.05, 4.69) is 0 Å². The summed E-state index contributed by atoms with van der Waals surface area (Å²) in [4.78, 5) is 0.499. The van der Waals surface area contributed by atoms with Crippen LogP contribution in [0.3, 0.4) is 0 Å². The van der Waals surface area contributed by atoms with Crippen molar-refractivity contribution >= 4 is 0 Å². The number of allylic oxidation sites excluding steroid dienone is 1. The monoisotopic (exact) mass is 165 g/mol. The van der Waals surface area contributed by atoms with Gasteiger partial charge in [0.15, 0.2) is 0 Å². The summed E-state index contributed by atoms with van der Waals surface area (Å²) in [7, 11) is 0. The summed E-state index contributed by atoms with van der Waals surface area (Å²) >= 11 is 0. The molecule has 2 atom stereocenters. The number of rotatable bonds is 2. The summed E-state index contributed by atoms with van der Waals surface area (Å²) in [5, 5.41) is 0. The summed E-state index contributed by atoms with van der Waals surface area (Å²) < 4.78 is 35.4. The zero-order valence-electron chi connectivity index (χ0n) is 6.23. The summed E-state index contributed by atoms with van der Waals surface area (Å²) in [6.45, 7) is 2.02. The first kappa shape index (κ1) is 8.59. The molecule has 0 aromatic carbocycles. The first-order chi connectivity index (χ1) is 5.05. The number of alkyl halides is 3. The van der Waals surface area contributed by atoms with E-state index in [1.807, 2.05) is 6.92 Å². The van der Waals surface area contributed by atoms with E-state index in [4.69, 9.17) is 0 Å². The summed E-state index contributed by atoms with van der Waals surface area (Å²) in [6.07, 6.45) is 0.0227. The zero-order valence-corrected chi connectivity index (χ0v) is 6.23. The van der Waals surface area contributed by atoms with Crippen LogP contribution < -0.4 is 0 Å². The maximum absolute atomic E-state index is 11.8. The van der Waals surface area contributed by atoms with E-state index in [1.54, 1.807) is 12.2 Å². The summed E-state index contributed by atoms with van der Waals surface area (Å²) in [5.74, 6) is 0. The molecule has 0 amide bonds. The van der Waals surface area contributed by atoms with Crippen LogP contribution in [0.5, 0.6) is 0 Å². The molecule has 11 heavy (non-hydrogen) atoms. The SMILES string of the molecule is CCC=CC1CN1C(F)(F)F. The topological polar surface area (TPSA) is 3.01 Å². The highest BCUT2D eigenvalue weighted by Gasteiger charge is 2.51. The van der Waals surface area contributed by atoms with Gasteiger partial charge in [0.05, 0.1) is 0 Å². The molecular formula is C7H10F3N. The first-order valence-corrected chi connectivity index (χ1v) is 3.56. The summed E-state index contributed by atoms with van der Waals surface area (Å²) in [5.41, 5.74) is 0. The smallest absolute Gasteiger partial charge is 0.205 e. The Balaban J connectivity index is 2.32. The Labute approximate surface area is 63.5 Å². The van der Waals surface area contributed by atoms with E-state index in [9.17, 15) is 13.2 Å². The van der Waals surface area contributed by atoms with Gasteiger partial charge in [0.2, 0.25) is 0 Å². The molecule has 1 saturated heterocycles. The molecule has 0 aromatic rings. The normalized spacial score (nSPS) is 31.3. The van der Waals surface area contributed by atoms with Gasteiger partial charge in [-0.3, -0.25) is 0 Å². The minimum absolute atomic E-state index is 0.125. The van der Waals surface area contributed by atoms with Crippen LogP contribution in [0.4, 0.5) is 13.2 Å². The molecule has 1 rings (SSSR count). The highest BCUT2D eigenvalue weighted by molar-refractivity contribution is 5.06. The minimum Gasteiger partial charge on any atom is -0.205 e. The predicted octanol–water partition coefficient (Wildman–Crippen LogP) is 2.16. The van der Waals surface area contributed by atoms with Gasteiger partial charge in [0.1, 0.15) is 0 Å². The predicted molar refractivity (Wildman–Crippen MR) is 36.0 cm³/mol. The number of hydrogen-bond donors (Lipinski definition) is 0. The quantitative estimate of drug-likeness (QED) is 0.344. The Morgan fingerprint density at radius 3 is 2.55 bits per heavy atom. The van der Waals surface area contributed by atoms with Crippen LogP contribution in [-0.4, -0.2) is 23.8 Å². The van der Waals surface area contributed by atoms with Crippen LogP contribution in [0.25, 0.3) is 0 Å². The van der Waals surface area contributed by atoms with Crippen molar-refractivity contribution in [2.45, 2.75) is 25.7 Å². The molecule has 0 spiro atoms. The fourth-order valence-corrected chi connectivity index (χ4v) is 0.904. The van der Waals surface area contributed by atoms with Gasteiger partial charge in [-0.05, 0) is 6.42 Å². The third-order valence-electron chi connectivity index (χ3n) is 1.57. The maximum atomic E-state index is 11.8. The lowest BCUT2D eigenvalue weighted by Crippen LogP contribution is -2.21. The number of hydrogen-bond acceptors (Lipinski definition) is 1. The molecule has 64 valence electrons. The fraction of sp³-hybridized carbons (Fsp3) is 0.714. The molecule has 4 heteroatoms. The van der Waals surface area contributed by atoms with E-state index in [-0.39, 0.29) is 6.54 Å². The standard InChI is InChI=1S/C7H10F3N/c1-2-3-4-6-5-11(6)7(8,9)10/h3-4,6H,2,5H2,1H3. The van der Waals surface area contributed by atoms with Crippen molar-refractivity contribution in [1.82, 2.24) is 4.90 Å². The van der Waals surface area contributed by atoms with Crippen LogP contribution in [0.2, 0.25) is 0 Å². The van der Waals surface area contributed by atoms with Crippen molar-refractivity contribution in [2.75, 3.05) is 6.54 Å². The largest absolute Gasteiger partial charge is 0.460 e. The molecule has 0 bridgehead atoms. The van der Waals surface area contributed by atoms with Crippen molar-refractivity contribution < 1.29 is 13.2 Å². The van der Waals surface area contributed by atoms with Gasteiger partial charge in [-0.15, -0.1) is 0 Å². The Bertz CT molecular complexity index is 162. The van der Waals surface area contributed by atoms with Crippen LogP contribution in [0.1, 0.15) is 13.3 Å². The van der Waals surface area contributed by atoms with Crippen molar-refractivity contribution in [2.24, 2.45) is 0 Å². The van der Waals surface area contributed by atoms with Gasteiger partial charge in [-0.2, -0.15) is 13.2 Å². The van der Waals surface area contributed by atoms with Crippen LogP contribution in [-0.2, 0) is 0 Å². The lowest BCUT2D eigenvalue weighted by molar-refractivity contribution is -0.206. The van der Waals surface area contributed by atoms with Gasteiger partial charge in [0, 0.05) is 12.6 Å². The lowest BCUT2D eigenvalue weighted by Gasteiger charge is -2.04. The molecule has 0 N–H and O–H groups in total. The van der Waals surface area contributed by atoms with Crippen molar-refractivity contribution in [1.29, 1.82) is 0 Å². The van der Waals surface area contributed by atoms with Crippen molar-refractivity contribution in [3.8, 4) is 0 Å². The Morgan fingerprint density at radius 2 is 2.18 bits per heavy atom. The average Bonchev–Trinajstić information content (AvgIpc) is 2.60. The molecule has 1 aliphatic heterocycles. The van der Waals surface area contributed by atoms with Gasteiger partial charge in [-0.1, -0.05) is 19.1 Å². The third kappa shape index (κ3) is 2.22. The molecular weight excluding hydrogens is 155 g/mol. The second-order valence-corrected chi connectivity index (χ2v) is 2.52. The van der Waals surface area contributed by atoms with E-state index in [0.717, 1.165) is 6.42 Å². The van der Waals surface area contributed by atoms with Gasteiger partial charge >= 0.3 is 6.30 Å². The molecule has 1 nitrogen and oxygen atoms in total. The second kappa shape index (κ2) is 2.85. The second-order valence-electron chi connectivity index (χ2n) is 2.52. The summed E-state index contributed by atoms with van der Waals surface area (Å²) in [6, 6.07) is -0.394. The van der Waals surface area contributed by atoms with E-state index >= 15 is 0 Å². The number of nitrogens with zero attached hydrogens (tertiary/aromatic N) is 1. The zero-order chi connectivity index (χ0) is 8.48. The van der Waals surface area contributed by atoms with E-state index < -0.39 is 12.3 Å². The lowest BCUT2D eigenvalue weighted by atomic mass is 10.3. The van der Waals surface area contributed by atoms with Gasteiger partial charge < -0.3 is 0 Å². The molecule has 1 heterocycles. The molecule has 0 aromatic heterocycles. The van der Waals surface area contributed by atoms with Crippen molar-refractivity contribution in [3.63, 3.8) is 0 Å². The Kier molecular flexibility index (Phi) is 2.23. The Morgan fingerprint density at radius 1 is 1.55 bits per heavy atom. The van der Waals surface area contributed by atoms with Crippen LogP contribution >= 0.6 is 0 Å². The molecule has 1 aliphatic rings. The van der Waals surface area contributed by atoms with Crippen molar-refractivity contribution in [3.05, 3.63) is 12.2 Å². The first-order valence-electron chi connectivity index (χ1n) is 3.56. The number of halogens is 3. The molecule has 0 radical (unpaired) electrons. The molecule has 1 fully saturated rings. The van der Waals surface area contributed by atoms with E-state index in [1.165, 1.54) is 0 Å². The molecule has 0 saturated carbocycles.